The van der Waals surface area contributed by atoms with Crippen LogP contribution in [0, 0.1) is 5.82 Å². The van der Waals surface area contributed by atoms with Crippen LogP contribution in [0.25, 0.3) is 0 Å². The van der Waals surface area contributed by atoms with Crippen LogP contribution in [0.2, 0.25) is 0 Å². The molecule has 2 atom stereocenters. The van der Waals surface area contributed by atoms with Crippen LogP contribution in [-0.2, 0) is 0 Å². The average molecular weight is 482 g/mol. The summed E-state index contributed by atoms with van der Waals surface area (Å²) in [6, 6.07) is 4.94. The minimum absolute atomic E-state index is 0.0177. The fourth-order valence-corrected chi connectivity index (χ4v) is 3.54. The summed E-state index contributed by atoms with van der Waals surface area (Å²) in [5, 5.41) is 17.3. The zero-order valence-electron chi connectivity index (χ0n) is 18.8. The Labute approximate surface area is 195 Å². The molecule has 0 bridgehead atoms. The Balaban J connectivity index is 2.44. The molecule has 2 rings (SSSR count). The number of nitrogens with zero attached hydrogens (tertiary/aromatic N) is 1. The average Bonchev–Trinajstić information content (AvgIpc) is 2.77. The first-order chi connectivity index (χ1) is 15.7. The molecular formula is C21H28FN5O5S. The van der Waals surface area contributed by atoms with E-state index >= 15 is 0 Å². The second-order valence-electron chi connectivity index (χ2n) is 7.08. The number of benzene rings is 1. The fraction of sp³-hybridized carbons (Fsp3) is 0.381. The fourth-order valence-electron chi connectivity index (χ4n) is 3.05. The van der Waals surface area contributed by atoms with Gasteiger partial charge in [0.1, 0.15) is 17.3 Å². The molecule has 1 aromatic carbocycles. The van der Waals surface area contributed by atoms with Gasteiger partial charge in [-0.05, 0) is 31.4 Å². The number of carboxylic acid groups (broad SMARTS) is 1. The molecule has 0 fully saturated rings. The number of amides is 2. The van der Waals surface area contributed by atoms with Gasteiger partial charge in [-0.2, -0.15) is 11.8 Å². The van der Waals surface area contributed by atoms with E-state index in [1.54, 1.807) is 36.9 Å². The highest BCUT2D eigenvalue weighted by atomic mass is 32.2. The molecule has 0 saturated carbocycles. The van der Waals surface area contributed by atoms with E-state index < -0.39 is 29.9 Å². The lowest BCUT2D eigenvalue weighted by Gasteiger charge is -2.26. The van der Waals surface area contributed by atoms with E-state index in [1.807, 2.05) is 6.26 Å². The number of nitrogens with one attached hydrogen (secondary N) is 3. The van der Waals surface area contributed by atoms with Gasteiger partial charge in [0.05, 0.1) is 19.8 Å². The Morgan fingerprint density at radius 1 is 1.18 bits per heavy atom. The number of methoxy groups -OCH3 is 2. The predicted molar refractivity (Wildman–Crippen MR) is 127 cm³/mol. The van der Waals surface area contributed by atoms with E-state index in [-0.39, 0.29) is 17.2 Å². The number of thioether (sulfide) groups is 1. The number of primary amides is 1. The number of hydrogen-bond donors (Lipinski definition) is 5. The van der Waals surface area contributed by atoms with Crippen LogP contribution >= 0.6 is 11.8 Å². The molecule has 6 N–H and O–H groups in total. The molecule has 0 saturated heterocycles. The number of halogens is 1. The molecule has 0 radical (unpaired) electrons. The summed E-state index contributed by atoms with van der Waals surface area (Å²) in [4.78, 5) is 27.3. The predicted octanol–water partition coefficient (Wildman–Crippen LogP) is 3.27. The maximum Gasteiger partial charge on any atom is 0.404 e. The first-order valence-electron chi connectivity index (χ1n) is 9.93. The number of carbonyl (C=O) groups excluding carboxylic acids is 1. The lowest BCUT2D eigenvalue weighted by molar-refractivity contribution is 0.100. The van der Waals surface area contributed by atoms with Gasteiger partial charge < -0.3 is 36.3 Å². The van der Waals surface area contributed by atoms with Crippen molar-refractivity contribution >= 4 is 41.1 Å². The molecule has 1 aromatic heterocycles. The van der Waals surface area contributed by atoms with Crippen molar-refractivity contribution in [1.82, 2.24) is 10.3 Å². The SMILES string of the molecule is COc1cc(Nc2nc(N[C@@H](CCSC)[C@H](C)NC(=O)O)c(F)cc2C(N)=O)cc(OC)c1. The lowest BCUT2D eigenvalue weighted by atomic mass is 10.1. The van der Waals surface area contributed by atoms with E-state index in [4.69, 9.17) is 20.3 Å². The molecule has 0 unspecified atom stereocenters. The Bertz CT molecular complexity index is 972. The van der Waals surface area contributed by atoms with Gasteiger partial charge in [0.2, 0.25) is 0 Å². The second-order valence-corrected chi connectivity index (χ2v) is 8.06. The van der Waals surface area contributed by atoms with Crippen molar-refractivity contribution in [2.75, 3.05) is 36.9 Å². The van der Waals surface area contributed by atoms with Gasteiger partial charge in [-0.15, -0.1) is 0 Å². The highest BCUT2D eigenvalue weighted by Crippen LogP contribution is 2.30. The van der Waals surface area contributed by atoms with Crippen LogP contribution < -0.4 is 31.2 Å². The van der Waals surface area contributed by atoms with Crippen LogP contribution in [0.1, 0.15) is 23.7 Å². The van der Waals surface area contributed by atoms with E-state index in [2.05, 4.69) is 20.9 Å². The topological polar surface area (TPSA) is 148 Å². The molecule has 10 nitrogen and oxygen atoms in total. The Morgan fingerprint density at radius 3 is 2.33 bits per heavy atom. The van der Waals surface area contributed by atoms with E-state index in [0.717, 1.165) is 6.07 Å². The molecule has 33 heavy (non-hydrogen) atoms. The van der Waals surface area contributed by atoms with Crippen LogP contribution in [-0.4, -0.2) is 60.4 Å². The number of nitrogens with two attached hydrogens (primary N) is 1. The summed E-state index contributed by atoms with van der Waals surface area (Å²) in [5.41, 5.74) is 5.75. The van der Waals surface area contributed by atoms with Crippen molar-refractivity contribution in [3.8, 4) is 11.5 Å². The Morgan fingerprint density at radius 2 is 1.82 bits per heavy atom. The van der Waals surface area contributed by atoms with Crippen molar-refractivity contribution in [2.24, 2.45) is 5.73 Å². The van der Waals surface area contributed by atoms with Gasteiger partial charge in [-0.25, -0.2) is 14.2 Å². The highest BCUT2D eigenvalue weighted by Gasteiger charge is 2.23. The number of carbonyl (C=O) groups is 2. The summed E-state index contributed by atoms with van der Waals surface area (Å²) in [5.74, 6) is -0.114. The molecule has 0 spiro atoms. The van der Waals surface area contributed by atoms with Crippen molar-refractivity contribution in [3.05, 3.63) is 35.6 Å². The summed E-state index contributed by atoms with van der Waals surface area (Å²) < 4.78 is 25.3. The molecule has 0 aliphatic rings. The first kappa shape index (κ1) is 25.8. The van der Waals surface area contributed by atoms with Gasteiger partial charge in [0, 0.05) is 36.0 Å². The number of pyridine rings is 1. The summed E-state index contributed by atoms with van der Waals surface area (Å²) in [6.07, 6.45) is 1.26. The lowest BCUT2D eigenvalue weighted by Crippen LogP contribution is -2.45. The Hall–Kier alpha value is -3.41. The third-order valence-corrected chi connectivity index (χ3v) is 5.41. The molecule has 0 aliphatic carbocycles. The monoisotopic (exact) mass is 481 g/mol. The highest BCUT2D eigenvalue weighted by molar-refractivity contribution is 7.98. The van der Waals surface area contributed by atoms with Crippen molar-refractivity contribution in [2.45, 2.75) is 25.4 Å². The quantitative estimate of drug-likeness (QED) is 0.308. The van der Waals surface area contributed by atoms with Crippen LogP contribution in [0.5, 0.6) is 11.5 Å². The second kappa shape index (κ2) is 12.0. The van der Waals surface area contributed by atoms with Crippen LogP contribution in [0.15, 0.2) is 24.3 Å². The smallest absolute Gasteiger partial charge is 0.404 e. The summed E-state index contributed by atoms with van der Waals surface area (Å²) in [7, 11) is 2.99. The number of ether oxygens (including phenoxy) is 2. The van der Waals surface area contributed by atoms with Gasteiger partial charge in [0.25, 0.3) is 5.91 Å². The normalized spacial score (nSPS) is 12.4. The molecular weight excluding hydrogens is 453 g/mol. The van der Waals surface area contributed by atoms with Crippen molar-refractivity contribution in [1.29, 1.82) is 0 Å². The zero-order chi connectivity index (χ0) is 24.5. The van der Waals surface area contributed by atoms with Gasteiger partial charge >= 0.3 is 6.09 Å². The van der Waals surface area contributed by atoms with E-state index in [9.17, 15) is 14.0 Å². The minimum atomic E-state index is -1.19. The number of hydrogen-bond acceptors (Lipinski definition) is 8. The van der Waals surface area contributed by atoms with Crippen LogP contribution in [0.4, 0.5) is 26.5 Å². The first-order valence-corrected chi connectivity index (χ1v) is 11.3. The summed E-state index contributed by atoms with van der Waals surface area (Å²) >= 11 is 1.57. The number of anilines is 3. The molecule has 2 aromatic rings. The third kappa shape index (κ3) is 7.31. The molecule has 1 heterocycles. The Kier molecular flexibility index (Phi) is 9.40. The zero-order valence-corrected chi connectivity index (χ0v) is 19.6. The van der Waals surface area contributed by atoms with Gasteiger partial charge in [-0.3, -0.25) is 4.79 Å². The van der Waals surface area contributed by atoms with Crippen LogP contribution in [0.3, 0.4) is 0 Å². The summed E-state index contributed by atoms with van der Waals surface area (Å²) in [6.45, 7) is 1.67. The van der Waals surface area contributed by atoms with Gasteiger partial charge in [0.15, 0.2) is 11.6 Å². The maximum atomic E-state index is 14.8. The van der Waals surface area contributed by atoms with Gasteiger partial charge in [-0.1, -0.05) is 0 Å². The largest absolute Gasteiger partial charge is 0.497 e. The molecule has 0 aliphatic heterocycles. The van der Waals surface area contributed by atoms with E-state index in [0.29, 0.717) is 29.4 Å². The molecule has 12 heteroatoms. The van der Waals surface area contributed by atoms with Crippen molar-refractivity contribution in [3.63, 3.8) is 0 Å². The minimum Gasteiger partial charge on any atom is -0.497 e. The van der Waals surface area contributed by atoms with E-state index in [1.165, 1.54) is 14.2 Å². The number of rotatable bonds is 12. The third-order valence-electron chi connectivity index (χ3n) is 4.77. The molecule has 180 valence electrons. The standard InChI is InChI=1S/C21H28FN5O5S/c1-11(24-21(29)30)17(5-6-33-4)26-20-16(22)10-15(18(23)28)19(27-20)25-12-7-13(31-2)9-14(8-12)32-3/h7-11,17,24H,5-6H2,1-4H3,(H2,23,28)(H,29,30)(H2,25,26,27)/t11-,17-/m0/s1. The van der Waals surface area contributed by atoms with Crippen molar-refractivity contribution < 1.29 is 28.6 Å². The maximum absolute atomic E-state index is 14.8. The molecule has 2 amide bonds. The number of aromatic nitrogens is 1.